The first kappa shape index (κ1) is 20.8. The monoisotopic (exact) mass is 428 g/mol. The van der Waals surface area contributed by atoms with Crippen LogP contribution in [0.2, 0.25) is 0 Å². The smallest absolute Gasteiger partial charge is 0.245 e. The molecule has 1 saturated heterocycles. The predicted octanol–water partition coefficient (Wildman–Crippen LogP) is 3.54. The number of nitrogens with zero attached hydrogens (tertiary/aromatic N) is 2. The van der Waals surface area contributed by atoms with Gasteiger partial charge in [-0.25, -0.2) is 12.8 Å². The Morgan fingerprint density at radius 1 is 0.933 bits per heavy atom. The van der Waals surface area contributed by atoms with Crippen molar-refractivity contribution < 1.29 is 17.6 Å². The molecule has 5 nitrogen and oxygen atoms in total. The second kappa shape index (κ2) is 8.70. The van der Waals surface area contributed by atoms with Crippen molar-refractivity contribution in [3.63, 3.8) is 0 Å². The second-order valence-corrected chi connectivity index (χ2v) is 9.64. The van der Waals surface area contributed by atoms with E-state index in [0.717, 1.165) is 12.5 Å². The highest BCUT2D eigenvalue weighted by atomic mass is 32.2. The van der Waals surface area contributed by atoms with Crippen molar-refractivity contribution in [2.24, 2.45) is 5.92 Å². The molecule has 0 bridgehead atoms. The van der Waals surface area contributed by atoms with Crippen LogP contribution in [0.4, 0.5) is 4.39 Å². The minimum atomic E-state index is -3.88. The number of amides is 1. The Morgan fingerprint density at radius 2 is 1.60 bits per heavy atom. The highest BCUT2D eigenvalue weighted by molar-refractivity contribution is 7.89. The van der Waals surface area contributed by atoms with Gasteiger partial charge in [-0.3, -0.25) is 4.79 Å². The van der Waals surface area contributed by atoms with Gasteiger partial charge in [-0.15, -0.1) is 0 Å². The van der Waals surface area contributed by atoms with Crippen molar-refractivity contribution in [1.82, 2.24) is 9.21 Å². The minimum absolute atomic E-state index is 0.0845. The van der Waals surface area contributed by atoms with Crippen LogP contribution in [0, 0.1) is 11.7 Å². The number of rotatable bonds is 4. The largest absolute Gasteiger partial charge is 0.338 e. The number of carbonyl (C=O) groups excluding carboxylic acids is 1. The van der Waals surface area contributed by atoms with Crippen LogP contribution in [0.25, 0.3) is 5.57 Å². The van der Waals surface area contributed by atoms with E-state index in [1.165, 1.54) is 33.6 Å². The molecule has 2 aliphatic heterocycles. The van der Waals surface area contributed by atoms with Gasteiger partial charge in [-0.1, -0.05) is 48.5 Å². The molecule has 2 aromatic carbocycles. The Labute approximate surface area is 176 Å². The van der Waals surface area contributed by atoms with Crippen molar-refractivity contribution in [2.45, 2.75) is 24.2 Å². The standard InChI is InChI=1S/C23H25FN2O3S/c24-21-8-4-5-9-22(21)30(28,29)26-16-12-20(13-17-26)23(27)25-14-10-19(11-15-25)18-6-2-1-3-7-18/h1-10,20H,11-17H2. The lowest BCUT2D eigenvalue weighted by atomic mass is 9.94. The number of hydrogen-bond acceptors (Lipinski definition) is 3. The molecule has 4 rings (SSSR count). The van der Waals surface area contributed by atoms with Gasteiger partial charge in [0, 0.05) is 32.1 Å². The molecule has 2 aromatic rings. The summed E-state index contributed by atoms with van der Waals surface area (Å²) in [6.07, 6.45) is 3.83. The zero-order chi connectivity index (χ0) is 21.1. The molecule has 158 valence electrons. The molecule has 0 atom stereocenters. The molecule has 1 amide bonds. The van der Waals surface area contributed by atoms with Crippen LogP contribution >= 0.6 is 0 Å². The summed E-state index contributed by atoms with van der Waals surface area (Å²) in [5.74, 6) is -0.852. The topological polar surface area (TPSA) is 57.7 Å². The van der Waals surface area contributed by atoms with Crippen molar-refractivity contribution in [3.8, 4) is 0 Å². The summed E-state index contributed by atoms with van der Waals surface area (Å²) in [5, 5.41) is 0. The van der Waals surface area contributed by atoms with Gasteiger partial charge in [-0.2, -0.15) is 4.31 Å². The Balaban J connectivity index is 1.36. The van der Waals surface area contributed by atoms with Crippen molar-refractivity contribution in [1.29, 1.82) is 0 Å². The average Bonchev–Trinajstić information content (AvgIpc) is 2.79. The molecule has 2 aliphatic rings. The molecule has 0 radical (unpaired) electrons. The Kier molecular flexibility index (Phi) is 6.01. The number of benzene rings is 2. The molecular formula is C23H25FN2O3S. The number of sulfonamides is 1. The summed E-state index contributed by atoms with van der Waals surface area (Å²) in [6, 6.07) is 15.6. The fraction of sp³-hybridized carbons (Fsp3) is 0.348. The maximum Gasteiger partial charge on any atom is 0.245 e. The van der Waals surface area contributed by atoms with E-state index < -0.39 is 15.8 Å². The minimum Gasteiger partial charge on any atom is -0.338 e. The molecule has 7 heteroatoms. The van der Waals surface area contributed by atoms with Crippen LogP contribution in [0.5, 0.6) is 0 Å². The summed E-state index contributed by atoms with van der Waals surface area (Å²) in [4.78, 5) is 14.5. The lowest BCUT2D eigenvalue weighted by Crippen LogP contribution is -2.45. The van der Waals surface area contributed by atoms with Crippen molar-refractivity contribution in [2.75, 3.05) is 26.2 Å². The highest BCUT2D eigenvalue weighted by Crippen LogP contribution is 2.28. The quantitative estimate of drug-likeness (QED) is 0.749. The van der Waals surface area contributed by atoms with E-state index in [1.807, 2.05) is 23.1 Å². The molecule has 0 spiro atoms. The first-order valence-corrected chi connectivity index (χ1v) is 11.7. The summed E-state index contributed by atoms with van der Waals surface area (Å²) in [6.45, 7) is 1.71. The van der Waals surface area contributed by atoms with Crippen LogP contribution < -0.4 is 0 Å². The zero-order valence-corrected chi connectivity index (χ0v) is 17.5. The normalized spacial score (nSPS) is 18.8. The van der Waals surface area contributed by atoms with Gasteiger partial charge < -0.3 is 4.90 Å². The van der Waals surface area contributed by atoms with Crippen LogP contribution in [-0.2, 0) is 14.8 Å². The number of piperidine rings is 1. The van der Waals surface area contributed by atoms with Gasteiger partial charge in [-0.05, 0) is 42.5 Å². The lowest BCUT2D eigenvalue weighted by molar-refractivity contribution is -0.136. The van der Waals surface area contributed by atoms with Gasteiger partial charge in [0.25, 0.3) is 0 Å². The summed E-state index contributed by atoms with van der Waals surface area (Å²) >= 11 is 0. The molecule has 0 unspecified atom stereocenters. The second-order valence-electron chi connectivity index (χ2n) is 7.74. The van der Waals surface area contributed by atoms with Gasteiger partial charge in [0.15, 0.2) is 0 Å². The third-order valence-electron chi connectivity index (χ3n) is 5.92. The number of hydrogen-bond donors (Lipinski definition) is 0. The Bertz CT molecular complexity index is 1050. The average molecular weight is 429 g/mol. The first-order valence-electron chi connectivity index (χ1n) is 10.2. The maximum absolute atomic E-state index is 14.0. The molecule has 0 saturated carbocycles. The van der Waals surface area contributed by atoms with E-state index in [9.17, 15) is 17.6 Å². The third kappa shape index (κ3) is 4.18. The van der Waals surface area contributed by atoms with E-state index >= 15 is 0 Å². The van der Waals surface area contributed by atoms with Crippen LogP contribution in [0.3, 0.4) is 0 Å². The first-order chi connectivity index (χ1) is 14.5. The van der Waals surface area contributed by atoms with Gasteiger partial charge in [0.05, 0.1) is 0 Å². The summed E-state index contributed by atoms with van der Waals surface area (Å²) in [5.41, 5.74) is 2.45. The summed E-state index contributed by atoms with van der Waals surface area (Å²) < 4.78 is 40.7. The molecule has 2 heterocycles. The highest BCUT2D eigenvalue weighted by Gasteiger charge is 2.35. The molecular weight excluding hydrogens is 403 g/mol. The fourth-order valence-electron chi connectivity index (χ4n) is 4.18. The van der Waals surface area contributed by atoms with Gasteiger partial charge in [0.2, 0.25) is 15.9 Å². The van der Waals surface area contributed by atoms with Crippen molar-refractivity contribution >= 4 is 21.5 Å². The fourth-order valence-corrected chi connectivity index (χ4v) is 5.71. The molecule has 30 heavy (non-hydrogen) atoms. The predicted molar refractivity (Wildman–Crippen MR) is 113 cm³/mol. The molecule has 0 aromatic heterocycles. The van der Waals surface area contributed by atoms with E-state index in [4.69, 9.17) is 0 Å². The van der Waals surface area contributed by atoms with Crippen LogP contribution in [-0.4, -0.2) is 49.7 Å². The third-order valence-corrected chi connectivity index (χ3v) is 7.85. The van der Waals surface area contributed by atoms with E-state index in [1.54, 1.807) is 0 Å². The number of carbonyl (C=O) groups is 1. The molecule has 0 aliphatic carbocycles. The molecule has 0 N–H and O–H groups in total. The van der Waals surface area contributed by atoms with E-state index in [2.05, 4.69) is 18.2 Å². The van der Waals surface area contributed by atoms with Crippen LogP contribution in [0.1, 0.15) is 24.8 Å². The Hall–Kier alpha value is -2.51. The maximum atomic E-state index is 14.0. The van der Waals surface area contributed by atoms with E-state index in [0.29, 0.717) is 25.9 Å². The summed E-state index contributed by atoms with van der Waals surface area (Å²) in [7, 11) is -3.88. The Morgan fingerprint density at radius 3 is 2.23 bits per heavy atom. The number of halogens is 1. The van der Waals surface area contributed by atoms with Crippen LogP contribution in [0.15, 0.2) is 65.6 Å². The van der Waals surface area contributed by atoms with Gasteiger partial charge >= 0.3 is 0 Å². The van der Waals surface area contributed by atoms with E-state index in [-0.39, 0.29) is 29.8 Å². The van der Waals surface area contributed by atoms with Crippen molar-refractivity contribution in [3.05, 3.63) is 72.1 Å². The molecule has 1 fully saturated rings. The lowest BCUT2D eigenvalue weighted by Gasteiger charge is -2.34. The van der Waals surface area contributed by atoms with Gasteiger partial charge in [0.1, 0.15) is 10.7 Å². The zero-order valence-electron chi connectivity index (χ0n) is 16.7. The SMILES string of the molecule is O=C(C1CCN(S(=O)(=O)c2ccccc2F)CC1)N1CC=C(c2ccccc2)CC1.